The van der Waals surface area contributed by atoms with Crippen molar-refractivity contribution in [3.63, 3.8) is 0 Å². The van der Waals surface area contributed by atoms with E-state index in [0.717, 1.165) is 133 Å². The van der Waals surface area contributed by atoms with Gasteiger partial charge in [0.15, 0.2) is 22.9 Å². The highest BCUT2D eigenvalue weighted by atomic mass is 32.2. The first-order valence-corrected chi connectivity index (χ1v) is 48.4. The number of aromatic hydroxyl groups is 1. The number of nitrogens with zero attached hydrogens (tertiary/aromatic N) is 2. The van der Waals surface area contributed by atoms with Crippen molar-refractivity contribution in [2.24, 2.45) is 22.7 Å². The lowest BCUT2D eigenvalue weighted by Gasteiger charge is -2.32. The number of thioether (sulfide) groups is 3. The Hall–Kier alpha value is -4.49. The van der Waals surface area contributed by atoms with Crippen molar-refractivity contribution in [1.82, 2.24) is 20.4 Å². The van der Waals surface area contributed by atoms with Crippen LogP contribution in [0.15, 0.2) is 126 Å². The third-order valence-corrected chi connectivity index (χ3v) is 28.8. The zero-order chi connectivity index (χ0) is 83.2. The minimum Gasteiger partial charge on any atom is -0.508 e. The summed E-state index contributed by atoms with van der Waals surface area (Å²) in [5.74, 6) is 5.97. The van der Waals surface area contributed by atoms with E-state index in [1.807, 2.05) is 98.7 Å². The summed E-state index contributed by atoms with van der Waals surface area (Å²) in [5, 5.41) is 22.8. The van der Waals surface area contributed by atoms with Crippen LogP contribution in [0.3, 0.4) is 0 Å². The molecule has 0 amide bonds. The smallest absolute Gasteiger partial charge is 0.312 e. The van der Waals surface area contributed by atoms with Crippen LogP contribution in [0.5, 0.6) is 11.5 Å². The number of aryl methyl sites for hydroxylation is 2. The molecule has 0 radical (unpaired) electrons. The number of H-pyrrole nitrogens is 2. The number of hydrogen-bond acceptors (Lipinski definition) is 20. The summed E-state index contributed by atoms with van der Waals surface area (Å²) in [5.41, 5.74) is 7.23. The molecular weight excluding hydrogens is 1580 g/mol. The Labute approximate surface area is 721 Å². The number of thiophene rings is 1. The number of esters is 3. The monoisotopic (exact) mass is 1720 g/mol. The molecule has 630 valence electrons. The average Bonchev–Trinajstić information content (AvgIpc) is 1.74. The number of rotatable bonds is 34. The molecule has 3 N–H and O–H groups in total. The predicted octanol–water partition coefficient (Wildman–Crippen LogP) is 28.8. The fourth-order valence-electron chi connectivity index (χ4n) is 12.3. The summed E-state index contributed by atoms with van der Waals surface area (Å²) in [4.78, 5) is 35.3. The molecule has 3 saturated carbocycles. The van der Waals surface area contributed by atoms with Crippen LogP contribution in [0.1, 0.15) is 311 Å². The third-order valence-electron chi connectivity index (χ3n) is 21.7. The van der Waals surface area contributed by atoms with Crippen LogP contribution < -0.4 is 4.74 Å². The van der Waals surface area contributed by atoms with E-state index in [1.54, 1.807) is 58.8 Å². The van der Waals surface area contributed by atoms with Crippen LogP contribution in [0.25, 0.3) is 0 Å². The number of benzene rings is 4. The standard InChI is InChI=1S/C19H30O2.2C13H16N2S3.2C13H24O2.C11H16O2S3.C9H12O/c1-3-7-17-10-12-19(13-11-17)21-16(2)20-15-14-18-8-5-4-6-9-18;2*1-3-9(2)11-6-4-10(5-7-11)8-17-13-15-14-12(16)18-13;2*1-5-12(3,4)11(14)15-13(6-2)9-7-8-10-13;1-3-8(2)11(12)13-6-7-15-10-5-4-9(14)16-10;1-2-3-8-4-6-9(10)7-5-8/h10-13,16,18H,3-9,14-15H2,1-2H3;2*4-7,9H,3,8H2,1-2H3,(H,14,16);2*5-10H2,1-4H3;4-5,8,14H,3,6-7H2,1-2H3;4-7,10H,2-3H2,1H3. The van der Waals surface area contributed by atoms with Gasteiger partial charge in [0.25, 0.3) is 0 Å². The molecule has 0 bridgehead atoms. The molecule has 4 aromatic carbocycles. The molecule has 0 aliphatic heterocycles. The van der Waals surface area contributed by atoms with Crippen LogP contribution in [-0.2, 0) is 57.7 Å². The van der Waals surface area contributed by atoms with Crippen molar-refractivity contribution in [3.8, 4) is 11.5 Å². The van der Waals surface area contributed by atoms with Crippen LogP contribution in [0.2, 0.25) is 0 Å². The Kier molecular flexibility index (Phi) is 49.4. The highest BCUT2D eigenvalue weighted by Crippen LogP contribution is 2.40. The van der Waals surface area contributed by atoms with Crippen molar-refractivity contribution < 1.29 is 43.2 Å². The summed E-state index contributed by atoms with van der Waals surface area (Å²) in [7, 11) is 0. The molecule has 3 aliphatic carbocycles. The maximum absolute atomic E-state index is 12.0. The van der Waals surface area contributed by atoms with E-state index in [2.05, 4.69) is 149 Å². The zero-order valence-corrected chi connectivity index (χ0v) is 78.7. The summed E-state index contributed by atoms with van der Waals surface area (Å²) in [6.07, 6.45) is 28.4. The van der Waals surface area contributed by atoms with E-state index in [1.165, 1.54) is 144 Å². The number of phenols is 1. The maximum atomic E-state index is 12.0. The molecular formula is C91H138N4O9S9. The topological polar surface area (TPSA) is 175 Å². The molecule has 0 spiro atoms. The van der Waals surface area contributed by atoms with Crippen LogP contribution >= 0.6 is 106 Å². The fraction of sp³-hybridized carbons (Fsp3) is 0.615. The second-order valence-electron chi connectivity index (χ2n) is 31.3. The zero-order valence-electron chi connectivity index (χ0n) is 71.3. The number of aromatic amines is 2. The van der Waals surface area contributed by atoms with Gasteiger partial charge in [0.2, 0.25) is 0 Å². The molecule has 10 rings (SSSR count). The van der Waals surface area contributed by atoms with Gasteiger partial charge in [-0.15, -0.1) is 35.7 Å². The van der Waals surface area contributed by atoms with Crippen LogP contribution in [-0.4, -0.2) is 79.9 Å². The number of phenolic OH excluding ortho intramolecular Hbond substituents is 1. The van der Waals surface area contributed by atoms with Gasteiger partial charge in [0.1, 0.15) is 29.3 Å². The number of carbonyl (C=O) groups excluding carboxylic acids is 3. The maximum Gasteiger partial charge on any atom is 0.312 e. The van der Waals surface area contributed by atoms with Gasteiger partial charge in [-0.3, -0.25) is 24.6 Å². The molecule has 3 heterocycles. The Morgan fingerprint density at radius 1 is 0.558 bits per heavy atom. The summed E-state index contributed by atoms with van der Waals surface area (Å²) in [6.45, 7) is 36.7. The van der Waals surface area contributed by atoms with Crippen molar-refractivity contribution in [2.75, 3.05) is 19.0 Å². The van der Waals surface area contributed by atoms with Crippen LogP contribution in [0.4, 0.5) is 0 Å². The highest BCUT2D eigenvalue weighted by Gasteiger charge is 2.41. The summed E-state index contributed by atoms with van der Waals surface area (Å²) in [6, 6.07) is 37.5. The highest BCUT2D eigenvalue weighted by molar-refractivity contribution is 8.01. The van der Waals surface area contributed by atoms with Gasteiger partial charge in [-0.25, -0.2) is 0 Å². The van der Waals surface area contributed by atoms with Crippen molar-refractivity contribution in [2.45, 2.75) is 336 Å². The SMILES string of the molecule is CCC(C)C(=O)OCCSc1ccc(S)s1.CCC(C)c1ccc(CSc2n[nH]c(=S)s2)cc1.CCC(C)c1ccc(CSc2n[nH]c(=S)s2)cc1.CCC1(OC(=O)C(C)(C)CC)CCCC1.CCC1(OC(=O)C(C)(C)CC)CCCC1.CCCc1ccc(O)cc1.CCCc1ccc(OC(C)OCCC2CCCCC2)cc1. The lowest BCUT2D eigenvalue weighted by molar-refractivity contribution is -0.171. The molecule has 113 heavy (non-hydrogen) atoms. The molecule has 3 aliphatic rings. The molecule has 22 heteroatoms. The first-order chi connectivity index (χ1) is 54.0. The Morgan fingerprint density at radius 2 is 0.991 bits per heavy atom. The first kappa shape index (κ1) is 101. The van der Waals surface area contributed by atoms with Gasteiger partial charge in [-0.1, -0.05) is 247 Å². The molecule has 0 saturated heterocycles. The normalized spacial score (nSPS) is 15.3. The lowest BCUT2D eigenvalue weighted by Crippen LogP contribution is -2.37. The number of aromatic nitrogens is 4. The third kappa shape index (κ3) is 39.8. The van der Waals surface area contributed by atoms with Gasteiger partial charge in [0.05, 0.1) is 31.8 Å². The van der Waals surface area contributed by atoms with E-state index in [4.69, 9.17) is 53.2 Å². The van der Waals surface area contributed by atoms with Gasteiger partial charge >= 0.3 is 17.9 Å². The van der Waals surface area contributed by atoms with Gasteiger partial charge < -0.3 is 28.8 Å². The second-order valence-corrected chi connectivity index (χ2v) is 40.3. The quantitative estimate of drug-likeness (QED) is 0.00570. The van der Waals surface area contributed by atoms with E-state index in [-0.39, 0.29) is 52.1 Å². The number of thiol groups is 1. The van der Waals surface area contributed by atoms with E-state index in [0.29, 0.717) is 24.2 Å². The van der Waals surface area contributed by atoms with E-state index >= 15 is 0 Å². The molecule has 4 atom stereocenters. The summed E-state index contributed by atoms with van der Waals surface area (Å²) >= 11 is 24.1. The summed E-state index contributed by atoms with van der Waals surface area (Å²) < 4.78 is 34.0. The Morgan fingerprint density at radius 3 is 1.36 bits per heavy atom. The largest absolute Gasteiger partial charge is 0.508 e. The van der Waals surface area contributed by atoms with Gasteiger partial charge in [-0.2, -0.15) is 10.2 Å². The lowest BCUT2D eigenvalue weighted by atomic mass is 9.87. The van der Waals surface area contributed by atoms with E-state index in [9.17, 15) is 14.4 Å². The van der Waals surface area contributed by atoms with Gasteiger partial charge in [-0.05, 0) is 262 Å². The molecule has 3 fully saturated rings. The van der Waals surface area contributed by atoms with Crippen molar-refractivity contribution in [3.05, 3.63) is 150 Å². The molecule has 3 aromatic heterocycles. The minimum atomic E-state index is -0.329. The predicted molar refractivity (Wildman–Crippen MR) is 490 cm³/mol. The first-order valence-electron chi connectivity index (χ1n) is 41.8. The number of nitrogens with one attached hydrogen (secondary N) is 2. The Balaban J connectivity index is 0.000000280. The van der Waals surface area contributed by atoms with Crippen molar-refractivity contribution in [1.29, 1.82) is 0 Å². The number of carbonyl (C=O) groups is 3. The number of ether oxygens (including phenoxy) is 5. The second kappa shape index (κ2) is 55.3. The van der Waals surface area contributed by atoms with Gasteiger partial charge in [0, 0.05) is 17.3 Å². The molecule has 7 aromatic rings. The Bertz CT molecular complexity index is 3660. The minimum absolute atomic E-state index is 0.00998. The molecule has 4 unspecified atom stereocenters. The van der Waals surface area contributed by atoms with Crippen LogP contribution in [0, 0.1) is 30.6 Å². The number of hydrogen-bond donors (Lipinski definition) is 4. The van der Waals surface area contributed by atoms with Crippen molar-refractivity contribution >= 4 is 124 Å². The van der Waals surface area contributed by atoms with E-state index < -0.39 is 0 Å². The molecule has 13 nitrogen and oxygen atoms in total. The fourth-order valence-corrected chi connectivity index (χ4v) is 18.7. The average molecular weight is 1720 g/mol.